The fraction of sp³-hybridized carbons (Fsp3) is 0.400. The van der Waals surface area contributed by atoms with E-state index in [0.29, 0.717) is 5.16 Å². The lowest BCUT2D eigenvalue weighted by atomic mass is 10.1. The molecular weight excluding hydrogens is 348 g/mol. The Bertz CT molecular complexity index is 811. The second-order valence-corrected chi connectivity index (χ2v) is 6.02. The lowest BCUT2D eigenvalue weighted by Gasteiger charge is -2.06. The third-order valence-corrected chi connectivity index (χ3v) is 4.21. The summed E-state index contributed by atoms with van der Waals surface area (Å²) >= 11 is 1.18. The minimum atomic E-state index is -0.721. The van der Waals surface area contributed by atoms with Crippen molar-refractivity contribution in [3.8, 4) is 0 Å². The summed E-state index contributed by atoms with van der Waals surface area (Å²) in [6.07, 6.45) is 1.52. The number of ketones is 1. The third kappa shape index (κ3) is 4.27. The SMILES string of the molecule is CCOC(=O)c1c(NC(=O)CSc2nncn2C)oc(C)c1C(C)=O. The summed E-state index contributed by atoms with van der Waals surface area (Å²) in [4.78, 5) is 36.1. The van der Waals surface area contributed by atoms with Crippen LogP contribution in [0.1, 0.15) is 40.3 Å². The summed E-state index contributed by atoms with van der Waals surface area (Å²) in [5, 5.41) is 10.7. The molecule has 0 radical (unpaired) electrons. The van der Waals surface area contributed by atoms with Crippen molar-refractivity contribution in [3.63, 3.8) is 0 Å². The predicted molar refractivity (Wildman–Crippen MR) is 89.8 cm³/mol. The molecule has 10 heteroatoms. The normalized spacial score (nSPS) is 10.6. The van der Waals surface area contributed by atoms with Gasteiger partial charge in [0, 0.05) is 7.05 Å². The number of anilines is 1. The smallest absolute Gasteiger partial charge is 0.344 e. The molecule has 2 aromatic rings. The van der Waals surface area contributed by atoms with Crippen LogP contribution in [0.3, 0.4) is 0 Å². The molecule has 0 bridgehead atoms. The number of Topliss-reactive ketones (excluding diaryl/α,β-unsaturated/α-hetero) is 1. The molecule has 134 valence electrons. The molecule has 0 aliphatic rings. The van der Waals surface area contributed by atoms with Gasteiger partial charge in [-0.15, -0.1) is 10.2 Å². The second kappa shape index (κ2) is 7.97. The molecule has 25 heavy (non-hydrogen) atoms. The Morgan fingerprint density at radius 3 is 2.64 bits per heavy atom. The molecule has 2 rings (SSSR count). The number of aromatic nitrogens is 3. The number of thioether (sulfide) groups is 1. The Labute approximate surface area is 148 Å². The molecule has 0 aromatic carbocycles. The summed E-state index contributed by atoms with van der Waals surface area (Å²) in [7, 11) is 1.76. The third-order valence-electron chi connectivity index (χ3n) is 3.17. The first-order chi connectivity index (χ1) is 11.8. The Kier molecular flexibility index (Phi) is 5.97. The van der Waals surface area contributed by atoms with E-state index in [4.69, 9.17) is 9.15 Å². The monoisotopic (exact) mass is 366 g/mol. The Morgan fingerprint density at radius 2 is 2.08 bits per heavy atom. The lowest BCUT2D eigenvalue weighted by molar-refractivity contribution is -0.113. The zero-order chi connectivity index (χ0) is 18.6. The number of esters is 1. The molecule has 0 aliphatic carbocycles. The fourth-order valence-corrected chi connectivity index (χ4v) is 2.84. The first-order valence-electron chi connectivity index (χ1n) is 7.43. The van der Waals surface area contributed by atoms with E-state index in [0.717, 1.165) is 0 Å². The highest BCUT2D eigenvalue weighted by Gasteiger charge is 2.28. The number of aryl methyl sites for hydroxylation is 2. The molecule has 0 unspecified atom stereocenters. The lowest BCUT2D eigenvalue weighted by Crippen LogP contribution is -2.18. The van der Waals surface area contributed by atoms with Crippen LogP contribution in [0.25, 0.3) is 0 Å². The molecule has 0 atom stereocenters. The van der Waals surface area contributed by atoms with Crippen molar-refractivity contribution >= 4 is 35.3 Å². The number of ether oxygens (including phenoxy) is 1. The van der Waals surface area contributed by atoms with Gasteiger partial charge >= 0.3 is 5.97 Å². The molecule has 1 amide bonds. The van der Waals surface area contributed by atoms with Gasteiger partial charge in [0.15, 0.2) is 10.9 Å². The summed E-state index contributed by atoms with van der Waals surface area (Å²) in [5.74, 6) is -1.30. The van der Waals surface area contributed by atoms with E-state index in [9.17, 15) is 14.4 Å². The van der Waals surface area contributed by atoms with E-state index in [-0.39, 0.29) is 40.9 Å². The van der Waals surface area contributed by atoms with Gasteiger partial charge in [-0.05, 0) is 20.8 Å². The maximum absolute atomic E-state index is 12.2. The maximum atomic E-state index is 12.2. The van der Waals surface area contributed by atoms with Gasteiger partial charge < -0.3 is 13.7 Å². The van der Waals surface area contributed by atoms with E-state index < -0.39 is 11.9 Å². The molecule has 0 saturated heterocycles. The number of nitrogens with one attached hydrogen (secondary N) is 1. The molecule has 2 heterocycles. The number of nitrogens with zero attached hydrogens (tertiary/aromatic N) is 3. The van der Waals surface area contributed by atoms with Gasteiger partial charge in [0.25, 0.3) is 0 Å². The summed E-state index contributed by atoms with van der Waals surface area (Å²) < 4.78 is 12.0. The van der Waals surface area contributed by atoms with Gasteiger partial charge in [-0.25, -0.2) is 4.79 Å². The highest BCUT2D eigenvalue weighted by molar-refractivity contribution is 7.99. The van der Waals surface area contributed by atoms with Crippen LogP contribution in [0.5, 0.6) is 0 Å². The highest BCUT2D eigenvalue weighted by atomic mass is 32.2. The van der Waals surface area contributed by atoms with Crippen molar-refractivity contribution in [2.75, 3.05) is 17.7 Å². The minimum Gasteiger partial charge on any atom is -0.462 e. The van der Waals surface area contributed by atoms with Crippen LogP contribution in [0.4, 0.5) is 5.88 Å². The number of carbonyl (C=O) groups is 3. The Morgan fingerprint density at radius 1 is 1.36 bits per heavy atom. The van der Waals surface area contributed by atoms with Gasteiger partial charge in [0.05, 0.1) is 17.9 Å². The largest absolute Gasteiger partial charge is 0.462 e. The second-order valence-electron chi connectivity index (χ2n) is 5.08. The Hall–Kier alpha value is -2.62. The van der Waals surface area contributed by atoms with E-state index in [1.165, 1.54) is 25.0 Å². The number of rotatable bonds is 7. The van der Waals surface area contributed by atoms with Gasteiger partial charge in [-0.1, -0.05) is 11.8 Å². The predicted octanol–water partition coefficient (Wildman–Crippen LogP) is 1.83. The average molecular weight is 366 g/mol. The minimum absolute atomic E-state index is 0.0317. The van der Waals surface area contributed by atoms with Crippen molar-refractivity contribution < 1.29 is 23.5 Å². The number of amides is 1. The van der Waals surface area contributed by atoms with Gasteiger partial charge in [-0.3, -0.25) is 14.9 Å². The summed E-state index contributed by atoms with van der Waals surface area (Å²) in [6, 6.07) is 0. The number of hydrogen-bond acceptors (Lipinski definition) is 8. The number of furan rings is 1. The van der Waals surface area contributed by atoms with Crippen molar-refractivity contribution in [2.45, 2.75) is 25.9 Å². The number of carbonyl (C=O) groups excluding carboxylic acids is 3. The topological polar surface area (TPSA) is 116 Å². The van der Waals surface area contributed by atoms with Crippen LogP contribution in [0, 0.1) is 6.92 Å². The fourth-order valence-electron chi connectivity index (χ4n) is 2.15. The molecule has 2 aromatic heterocycles. The summed E-state index contributed by atoms with van der Waals surface area (Å²) in [6.45, 7) is 4.64. The van der Waals surface area contributed by atoms with E-state index >= 15 is 0 Å². The van der Waals surface area contributed by atoms with Gasteiger partial charge in [0.1, 0.15) is 17.7 Å². The van der Waals surface area contributed by atoms with Crippen LogP contribution in [-0.2, 0) is 16.6 Å². The van der Waals surface area contributed by atoms with Crippen molar-refractivity contribution in [3.05, 3.63) is 23.2 Å². The Balaban J connectivity index is 2.19. The van der Waals surface area contributed by atoms with Crippen LogP contribution in [0.15, 0.2) is 15.9 Å². The molecular formula is C15H18N4O5S. The average Bonchev–Trinajstić information content (AvgIpc) is 3.08. The molecule has 0 aliphatic heterocycles. The first-order valence-corrected chi connectivity index (χ1v) is 8.41. The first kappa shape index (κ1) is 18.7. The molecule has 0 spiro atoms. The van der Waals surface area contributed by atoms with E-state index in [2.05, 4.69) is 15.5 Å². The number of hydrogen-bond donors (Lipinski definition) is 1. The zero-order valence-corrected chi connectivity index (χ0v) is 15.1. The molecule has 0 fully saturated rings. The van der Waals surface area contributed by atoms with Gasteiger partial charge in [0.2, 0.25) is 11.8 Å². The zero-order valence-electron chi connectivity index (χ0n) is 14.3. The maximum Gasteiger partial charge on any atom is 0.344 e. The van der Waals surface area contributed by atoms with Crippen molar-refractivity contribution in [1.29, 1.82) is 0 Å². The van der Waals surface area contributed by atoms with Crippen LogP contribution < -0.4 is 5.32 Å². The van der Waals surface area contributed by atoms with Crippen LogP contribution in [0.2, 0.25) is 0 Å². The molecule has 9 nitrogen and oxygen atoms in total. The van der Waals surface area contributed by atoms with Crippen LogP contribution in [-0.4, -0.2) is 44.8 Å². The summed E-state index contributed by atoms with van der Waals surface area (Å²) in [5.41, 5.74) is 0.0403. The molecule has 0 saturated carbocycles. The van der Waals surface area contributed by atoms with Crippen molar-refractivity contribution in [1.82, 2.24) is 14.8 Å². The van der Waals surface area contributed by atoms with E-state index in [1.54, 1.807) is 25.5 Å². The quantitative estimate of drug-likeness (QED) is 0.448. The van der Waals surface area contributed by atoms with Crippen molar-refractivity contribution in [2.24, 2.45) is 7.05 Å². The van der Waals surface area contributed by atoms with E-state index in [1.807, 2.05) is 0 Å². The highest BCUT2D eigenvalue weighted by Crippen LogP contribution is 2.29. The molecule has 1 N–H and O–H groups in total. The van der Waals surface area contributed by atoms with Crippen LogP contribution >= 0.6 is 11.8 Å². The van der Waals surface area contributed by atoms with Gasteiger partial charge in [-0.2, -0.15) is 0 Å². The standard InChI is InChI=1S/C15H18N4O5S/c1-5-23-14(22)12-11(8(2)20)9(3)24-13(12)17-10(21)6-25-15-18-16-7-19(15)4/h7H,5-6H2,1-4H3,(H,17,21).